The number of carbonyl (C=O) groups excluding carboxylic acids is 1. The van der Waals surface area contributed by atoms with E-state index in [4.69, 9.17) is 4.42 Å². The quantitative estimate of drug-likeness (QED) is 0.633. The molecule has 0 amide bonds. The fourth-order valence-electron chi connectivity index (χ4n) is 0.582. The first kappa shape index (κ1) is 6.55. The average molecular weight is 189 g/mol. The SMILES string of the molecule is Cc1cc(Br)c(C=O)o1. The van der Waals surface area contributed by atoms with Crippen LogP contribution in [0.3, 0.4) is 0 Å². The molecule has 1 aromatic heterocycles. The number of aldehydes is 1. The lowest BCUT2D eigenvalue weighted by Crippen LogP contribution is -1.70. The highest BCUT2D eigenvalue weighted by molar-refractivity contribution is 9.10. The van der Waals surface area contributed by atoms with Crippen LogP contribution >= 0.6 is 15.9 Å². The van der Waals surface area contributed by atoms with Crippen LogP contribution in [0.15, 0.2) is 15.0 Å². The molecule has 0 spiro atoms. The molecule has 0 aliphatic carbocycles. The van der Waals surface area contributed by atoms with Crippen LogP contribution in [-0.4, -0.2) is 6.29 Å². The molecule has 0 unspecified atom stereocenters. The third-order valence-electron chi connectivity index (χ3n) is 0.943. The second-order valence-corrected chi connectivity index (χ2v) is 2.54. The molecular formula is C6H5BrO2. The van der Waals surface area contributed by atoms with Crippen LogP contribution in [0.2, 0.25) is 0 Å². The van der Waals surface area contributed by atoms with Crippen molar-refractivity contribution in [2.24, 2.45) is 0 Å². The van der Waals surface area contributed by atoms with E-state index in [1.165, 1.54) is 0 Å². The zero-order valence-electron chi connectivity index (χ0n) is 4.85. The molecule has 0 saturated heterocycles. The molecule has 2 nitrogen and oxygen atoms in total. The topological polar surface area (TPSA) is 30.2 Å². The Balaban J connectivity index is 3.15. The fourth-order valence-corrected chi connectivity index (χ4v) is 1.08. The van der Waals surface area contributed by atoms with E-state index in [-0.39, 0.29) is 0 Å². The Morgan fingerprint density at radius 2 is 2.44 bits per heavy atom. The van der Waals surface area contributed by atoms with Crippen molar-refractivity contribution in [2.75, 3.05) is 0 Å². The van der Waals surface area contributed by atoms with Crippen molar-refractivity contribution < 1.29 is 9.21 Å². The highest BCUT2D eigenvalue weighted by atomic mass is 79.9. The molecule has 0 aromatic carbocycles. The summed E-state index contributed by atoms with van der Waals surface area (Å²) in [7, 11) is 0. The van der Waals surface area contributed by atoms with Crippen LogP contribution in [0, 0.1) is 6.92 Å². The van der Waals surface area contributed by atoms with Crippen molar-refractivity contribution in [3.8, 4) is 0 Å². The third-order valence-corrected chi connectivity index (χ3v) is 1.56. The van der Waals surface area contributed by atoms with Crippen LogP contribution in [0.5, 0.6) is 0 Å². The number of carbonyl (C=O) groups is 1. The maximum Gasteiger partial charge on any atom is 0.186 e. The summed E-state index contributed by atoms with van der Waals surface area (Å²) in [6.45, 7) is 1.79. The summed E-state index contributed by atoms with van der Waals surface area (Å²) >= 11 is 3.15. The first-order chi connectivity index (χ1) is 4.24. The van der Waals surface area contributed by atoms with Crippen molar-refractivity contribution in [1.29, 1.82) is 0 Å². The summed E-state index contributed by atoms with van der Waals surface area (Å²) in [6.07, 6.45) is 0.678. The van der Waals surface area contributed by atoms with Gasteiger partial charge in [0, 0.05) is 0 Å². The molecule has 0 bridgehead atoms. The maximum atomic E-state index is 10.1. The van der Waals surface area contributed by atoms with Gasteiger partial charge in [-0.3, -0.25) is 4.79 Å². The first-order valence-electron chi connectivity index (χ1n) is 2.45. The second-order valence-electron chi connectivity index (χ2n) is 1.69. The lowest BCUT2D eigenvalue weighted by atomic mass is 10.4. The number of hydrogen-bond acceptors (Lipinski definition) is 2. The second kappa shape index (κ2) is 2.35. The normalized spacial score (nSPS) is 9.56. The summed E-state index contributed by atoms with van der Waals surface area (Å²) in [5, 5.41) is 0. The molecule has 0 aliphatic rings. The maximum absolute atomic E-state index is 10.1. The van der Waals surface area contributed by atoms with E-state index in [0.29, 0.717) is 12.0 Å². The van der Waals surface area contributed by atoms with E-state index < -0.39 is 0 Å². The lowest BCUT2D eigenvalue weighted by molar-refractivity contribution is 0.109. The predicted octanol–water partition coefficient (Wildman–Crippen LogP) is 2.16. The van der Waals surface area contributed by atoms with Crippen LogP contribution in [0.4, 0.5) is 0 Å². The summed E-state index contributed by atoms with van der Waals surface area (Å²) in [6, 6.07) is 1.75. The number of hydrogen-bond donors (Lipinski definition) is 0. The molecule has 3 heteroatoms. The summed E-state index contributed by atoms with van der Waals surface area (Å²) in [5.41, 5.74) is 0. The summed E-state index contributed by atoms with van der Waals surface area (Å²) < 4.78 is 5.67. The van der Waals surface area contributed by atoms with Crippen LogP contribution in [0.1, 0.15) is 16.3 Å². The highest BCUT2D eigenvalue weighted by Crippen LogP contribution is 2.18. The monoisotopic (exact) mass is 188 g/mol. The fraction of sp³-hybridized carbons (Fsp3) is 0.167. The van der Waals surface area contributed by atoms with Crippen molar-refractivity contribution >= 4 is 22.2 Å². The summed E-state index contributed by atoms with van der Waals surface area (Å²) in [5.74, 6) is 1.09. The van der Waals surface area contributed by atoms with Gasteiger partial charge in [0.15, 0.2) is 12.0 Å². The number of rotatable bonds is 1. The Bertz CT molecular complexity index is 227. The molecule has 1 heterocycles. The van der Waals surface area contributed by atoms with Gasteiger partial charge in [-0.15, -0.1) is 0 Å². The Hall–Kier alpha value is -0.570. The Morgan fingerprint density at radius 1 is 1.78 bits per heavy atom. The largest absolute Gasteiger partial charge is 0.457 e. The van der Waals surface area contributed by atoms with E-state index in [1.54, 1.807) is 13.0 Å². The molecule has 0 saturated carbocycles. The zero-order valence-corrected chi connectivity index (χ0v) is 6.44. The minimum absolute atomic E-state index is 0.354. The van der Waals surface area contributed by atoms with Crippen LogP contribution in [0.25, 0.3) is 0 Å². The molecular weight excluding hydrogens is 184 g/mol. The van der Waals surface area contributed by atoms with E-state index in [0.717, 1.165) is 10.2 Å². The molecule has 0 N–H and O–H groups in total. The van der Waals surface area contributed by atoms with Crippen molar-refractivity contribution in [3.63, 3.8) is 0 Å². The van der Waals surface area contributed by atoms with Gasteiger partial charge >= 0.3 is 0 Å². The van der Waals surface area contributed by atoms with E-state index in [9.17, 15) is 4.79 Å². The summed E-state index contributed by atoms with van der Waals surface area (Å²) in [4.78, 5) is 10.1. The zero-order chi connectivity index (χ0) is 6.85. The molecule has 0 radical (unpaired) electrons. The molecule has 0 fully saturated rings. The molecule has 0 atom stereocenters. The first-order valence-corrected chi connectivity index (χ1v) is 3.24. The van der Waals surface area contributed by atoms with Gasteiger partial charge in [-0.25, -0.2) is 0 Å². The van der Waals surface area contributed by atoms with Gasteiger partial charge in [-0.05, 0) is 28.9 Å². The minimum atomic E-state index is 0.354. The Morgan fingerprint density at radius 3 is 2.67 bits per heavy atom. The number of furan rings is 1. The molecule has 1 aromatic rings. The highest BCUT2D eigenvalue weighted by Gasteiger charge is 2.02. The predicted molar refractivity (Wildman–Crippen MR) is 36.5 cm³/mol. The van der Waals surface area contributed by atoms with Gasteiger partial charge in [-0.2, -0.15) is 0 Å². The van der Waals surface area contributed by atoms with Crippen molar-refractivity contribution in [3.05, 3.63) is 22.1 Å². The standard InChI is InChI=1S/C6H5BrO2/c1-4-2-5(7)6(3-8)9-4/h2-3H,1H3. The van der Waals surface area contributed by atoms with Gasteiger partial charge in [0.1, 0.15) is 5.76 Å². The smallest absolute Gasteiger partial charge is 0.186 e. The van der Waals surface area contributed by atoms with Crippen LogP contribution < -0.4 is 0 Å². The lowest BCUT2D eigenvalue weighted by Gasteiger charge is -1.78. The van der Waals surface area contributed by atoms with E-state index in [2.05, 4.69) is 15.9 Å². The molecule has 0 aliphatic heterocycles. The van der Waals surface area contributed by atoms with Gasteiger partial charge in [0.2, 0.25) is 0 Å². The Labute approximate surface area is 61.0 Å². The van der Waals surface area contributed by atoms with Gasteiger partial charge in [0.05, 0.1) is 4.47 Å². The Kier molecular flexibility index (Phi) is 1.71. The van der Waals surface area contributed by atoms with Gasteiger partial charge in [-0.1, -0.05) is 0 Å². The number of aryl methyl sites for hydroxylation is 1. The average Bonchev–Trinajstić information content (AvgIpc) is 2.10. The number of halogens is 1. The molecule has 9 heavy (non-hydrogen) atoms. The van der Waals surface area contributed by atoms with Crippen molar-refractivity contribution in [2.45, 2.75) is 6.92 Å². The van der Waals surface area contributed by atoms with E-state index in [1.807, 2.05) is 0 Å². The minimum Gasteiger partial charge on any atom is -0.457 e. The molecule has 48 valence electrons. The van der Waals surface area contributed by atoms with Crippen molar-refractivity contribution in [1.82, 2.24) is 0 Å². The third kappa shape index (κ3) is 1.21. The molecule has 1 rings (SSSR count). The van der Waals surface area contributed by atoms with Crippen LogP contribution in [-0.2, 0) is 0 Å². The van der Waals surface area contributed by atoms with Gasteiger partial charge < -0.3 is 4.42 Å². The van der Waals surface area contributed by atoms with Gasteiger partial charge in [0.25, 0.3) is 0 Å². The van der Waals surface area contributed by atoms with E-state index >= 15 is 0 Å².